The van der Waals surface area contributed by atoms with Gasteiger partial charge in [0.2, 0.25) is 5.89 Å². The lowest BCUT2D eigenvalue weighted by Crippen LogP contribution is -3.06. The van der Waals surface area contributed by atoms with Crippen LogP contribution in [0, 0.1) is 5.82 Å². The highest BCUT2D eigenvalue weighted by atomic mass is 19.1. The number of para-hydroxylation sites is 1. The predicted molar refractivity (Wildman–Crippen MR) is 96.4 cm³/mol. The number of halogens is 1. The van der Waals surface area contributed by atoms with Gasteiger partial charge in [0, 0.05) is 5.56 Å². The van der Waals surface area contributed by atoms with Gasteiger partial charge in [-0.25, -0.2) is 9.37 Å². The summed E-state index contributed by atoms with van der Waals surface area (Å²) in [5.74, 6) is 1.07. The Kier molecular flexibility index (Phi) is 4.47. The second-order valence-electron chi connectivity index (χ2n) is 6.35. The number of nitrogens with zero attached hydrogens (tertiary/aromatic N) is 3. The molecular weight excluding hydrogens is 349 g/mol. The van der Waals surface area contributed by atoms with Crippen LogP contribution in [-0.2, 0) is 13.1 Å². The van der Waals surface area contributed by atoms with Gasteiger partial charge >= 0.3 is 0 Å². The third kappa shape index (κ3) is 3.75. The molecule has 0 fully saturated rings. The minimum atomic E-state index is -0.320. The molecule has 8 heteroatoms. The molecule has 0 aliphatic rings. The van der Waals surface area contributed by atoms with Crippen LogP contribution in [0.1, 0.15) is 11.7 Å². The SMILES string of the molecule is C[NH+](Cc1nc2ccccc2c(=O)[nH]1)Cc1nnc(-c2ccc(F)cc2)o1. The Balaban J connectivity index is 1.48. The lowest BCUT2D eigenvalue weighted by molar-refractivity contribution is -0.909. The van der Waals surface area contributed by atoms with E-state index in [9.17, 15) is 9.18 Å². The van der Waals surface area contributed by atoms with Crippen molar-refractivity contribution >= 4 is 10.9 Å². The van der Waals surface area contributed by atoms with Crippen molar-refractivity contribution in [3.63, 3.8) is 0 Å². The zero-order chi connectivity index (χ0) is 18.8. The third-order valence-electron chi connectivity index (χ3n) is 4.14. The molecule has 2 aromatic carbocycles. The van der Waals surface area contributed by atoms with Crippen LogP contribution in [0.5, 0.6) is 0 Å². The Bertz CT molecular complexity index is 1140. The predicted octanol–water partition coefficient (Wildman–Crippen LogP) is 1.33. The van der Waals surface area contributed by atoms with Gasteiger partial charge in [-0.3, -0.25) is 4.79 Å². The largest absolute Gasteiger partial charge is 0.415 e. The number of aromatic amines is 1. The number of quaternary nitrogens is 1. The van der Waals surface area contributed by atoms with Crippen molar-refractivity contribution in [2.45, 2.75) is 13.1 Å². The van der Waals surface area contributed by atoms with E-state index in [0.29, 0.717) is 47.2 Å². The molecule has 0 aliphatic heterocycles. The van der Waals surface area contributed by atoms with Crippen molar-refractivity contribution < 1.29 is 13.7 Å². The normalized spacial score (nSPS) is 12.4. The number of rotatable bonds is 5. The van der Waals surface area contributed by atoms with Crippen LogP contribution >= 0.6 is 0 Å². The number of fused-ring (bicyclic) bond motifs is 1. The molecule has 4 aromatic rings. The van der Waals surface area contributed by atoms with Gasteiger partial charge in [0.25, 0.3) is 11.4 Å². The molecule has 0 amide bonds. The maximum Gasteiger partial charge on any atom is 0.271 e. The summed E-state index contributed by atoms with van der Waals surface area (Å²) in [4.78, 5) is 20.5. The average Bonchev–Trinajstić information content (AvgIpc) is 3.10. The van der Waals surface area contributed by atoms with Crippen molar-refractivity contribution in [2.24, 2.45) is 0 Å². The van der Waals surface area contributed by atoms with Gasteiger partial charge in [0.05, 0.1) is 18.0 Å². The van der Waals surface area contributed by atoms with Crippen LogP contribution in [0.4, 0.5) is 4.39 Å². The fraction of sp³-hybridized carbons (Fsp3) is 0.158. The van der Waals surface area contributed by atoms with Gasteiger partial charge < -0.3 is 14.3 Å². The Morgan fingerprint density at radius 3 is 2.67 bits per heavy atom. The van der Waals surface area contributed by atoms with Crippen molar-refractivity contribution in [3.05, 3.63) is 76.4 Å². The number of benzene rings is 2. The van der Waals surface area contributed by atoms with Gasteiger partial charge in [-0.15, -0.1) is 10.2 Å². The number of aromatic nitrogens is 4. The molecule has 1 atom stereocenters. The Hall–Kier alpha value is -3.39. The van der Waals surface area contributed by atoms with Crippen molar-refractivity contribution in [2.75, 3.05) is 7.05 Å². The van der Waals surface area contributed by atoms with E-state index in [1.807, 2.05) is 25.2 Å². The zero-order valence-corrected chi connectivity index (χ0v) is 14.6. The highest BCUT2D eigenvalue weighted by Crippen LogP contribution is 2.17. The first-order chi connectivity index (χ1) is 13.1. The highest BCUT2D eigenvalue weighted by molar-refractivity contribution is 5.77. The van der Waals surface area contributed by atoms with E-state index in [2.05, 4.69) is 20.2 Å². The number of hydrogen-bond donors (Lipinski definition) is 2. The highest BCUT2D eigenvalue weighted by Gasteiger charge is 2.15. The first-order valence-corrected chi connectivity index (χ1v) is 8.46. The van der Waals surface area contributed by atoms with E-state index in [-0.39, 0.29) is 11.4 Å². The van der Waals surface area contributed by atoms with Gasteiger partial charge in [-0.1, -0.05) is 12.1 Å². The zero-order valence-electron chi connectivity index (χ0n) is 14.6. The van der Waals surface area contributed by atoms with Crippen molar-refractivity contribution in [3.8, 4) is 11.5 Å². The van der Waals surface area contributed by atoms with Crippen molar-refractivity contribution in [1.82, 2.24) is 20.2 Å². The standard InChI is InChI=1S/C19H16FN5O2/c1-25(10-16-21-15-5-3-2-4-14(15)18(26)22-16)11-17-23-24-19(27-17)12-6-8-13(20)9-7-12/h2-9H,10-11H2,1H3,(H,21,22,26)/p+1. The monoisotopic (exact) mass is 366 g/mol. The molecule has 0 saturated carbocycles. The van der Waals surface area contributed by atoms with E-state index in [4.69, 9.17) is 4.42 Å². The van der Waals surface area contributed by atoms with E-state index < -0.39 is 0 Å². The van der Waals surface area contributed by atoms with Gasteiger partial charge in [0.15, 0.2) is 12.4 Å². The van der Waals surface area contributed by atoms with Crippen LogP contribution in [0.2, 0.25) is 0 Å². The topological polar surface area (TPSA) is 89.1 Å². The molecule has 0 radical (unpaired) electrons. The summed E-state index contributed by atoms with van der Waals surface area (Å²) in [6, 6.07) is 13.1. The second kappa shape index (κ2) is 7.08. The lowest BCUT2D eigenvalue weighted by Gasteiger charge is -2.11. The summed E-state index contributed by atoms with van der Waals surface area (Å²) < 4.78 is 18.7. The van der Waals surface area contributed by atoms with E-state index in [1.165, 1.54) is 12.1 Å². The first-order valence-electron chi connectivity index (χ1n) is 8.46. The summed E-state index contributed by atoms with van der Waals surface area (Å²) in [5.41, 5.74) is 1.17. The second-order valence-corrected chi connectivity index (χ2v) is 6.35. The van der Waals surface area contributed by atoms with Crippen LogP contribution < -0.4 is 10.5 Å². The molecule has 2 N–H and O–H groups in total. The average molecular weight is 366 g/mol. The van der Waals surface area contributed by atoms with Crippen LogP contribution in [0.15, 0.2) is 57.7 Å². The Morgan fingerprint density at radius 1 is 1.07 bits per heavy atom. The molecule has 0 aliphatic carbocycles. The molecule has 0 bridgehead atoms. The number of nitrogens with one attached hydrogen (secondary N) is 2. The maximum absolute atomic E-state index is 13.0. The molecule has 4 rings (SSSR count). The van der Waals surface area contributed by atoms with Crippen LogP contribution in [0.3, 0.4) is 0 Å². The molecule has 136 valence electrons. The van der Waals surface area contributed by atoms with E-state index >= 15 is 0 Å². The van der Waals surface area contributed by atoms with Crippen LogP contribution in [0.25, 0.3) is 22.4 Å². The van der Waals surface area contributed by atoms with Crippen LogP contribution in [-0.4, -0.2) is 27.2 Å². The Morgan fingerprint density at radius 2 is 1.85 bits per heavy atom. The summed E-state index contributed by atoms with van der Waals surface area (Å²) in [7, 11) is 1.94. The minimum Gasteiger partial charge on any atom is -0.415 e. The number of H-pyrrole nitrogens is 1. The van der Waals surface area contributed by atoms with Gasteiger partial charge in [-0.05, 0) is 36.4 Å². The smallest absolute Gasteiger partial charge is 0.271 e. The molecule has 2 aromatic heterocycles. The van der Waals surface area contributed by atoms with Gasteiger partial charge in [0.1, 0.15) is 12.4 Å². The van der Waals surface area contributed by atoms with Gasteiger partial charge in [-0.2, -0.15) is 0 Å². The molecular formula is C19H17FN5O2+. The van der Waals surface area contributed by atoms with Crippen molar-refractivity contribution in [1.29, 1.82) is 0 Å². The first kappa shape index (κ1) is 17.0. The number of hydrogen-bond acceptors (Lipinski definition) is 5. The minimum absolute atomic E-state index is 0.153. The van der Waals surface area contributed by atoms with E-state index in [0.717, 1.165) is 4.90 Å². The molecule has 27 heavy (non-hydrogen) atoms. The quantitative estimate of drug-likeness (QED) is 0.556. The molecule has 0 saturated heterocycles. The third-order valence-corrected chi connectivity index (χ3v) is 4.14. The van der Waals surface area contributed by atoms with E-state index in [1.54, 1.807) is 18.2 Å². The summed E-state index contributed by atoms with van der Waals surface area (Å²) in [6.07, 6.45) is 0. The fourth-order valence-corrected chi connectivity index (χ4v) is 2.86. The maximum atomic E-state index is 13.0. The summed E-state index contributed by atoms with van der Waals surface area (Å²) in [5, 5.41) is 8.62. The Labute approximate surface area is 153 Å². The lowest BCUT2D eigenvalue weighted by atomic mass is 10.2. The summed E-state index contributed by atoms with van der Waals surface area (Å²) >= 11 is 0. The molecule has 0 spiro atoms. The molecule has 7 nitrogen and oxygen atoms in total. The fourth-order valence-electron chi connectivity index (χ4n) is 2.86. The molecule has 2 heterocycles. The molecule has 1 unspecified atom stereocenters. The summed E-state index contributed by atoms with van der Waals surface area (Å²) in [6.45, 7) is 0.957.